The molecule has 6 heteroatoms. The quantitative estimate of drug-likeness (QED) is 0.822. The lowest BCUT2D eigenvalue weighted by molar-refractivity contribution is -0.134. The standard InChI is InChI=1S/C15H30N4O2/c1-5-17(6-2)15(21)19-9-7-18(8-10-19)14(20)13(16)11-12(3)4/h12-13H,5-11,16H2,1-4H3/t13-/m0/s1. The molecule has 0 aromatic carbocycles. The van der Waals surface area contributed by atoms with Gasteiger partial charge in [-0.2, -0.15) is 0 Å². The van der Waals surface area contributed by atoms with Crippen LogP contribution in [0.1, 0.15) is 34.1 Å². The second-order valence-electron chi connectivity index (χ2n) is 6.00. The highest BCUT2D eigenvalue weighted by Gasteiger charge is 2.28. The third kappa shape index (κ3) is 4.88. The van der Waals surface area contributed by atoms with Gasteiger partial charge in [-0.25, -0.2) is 4.79 Å². The number of hydrogen-bond donors (Lipinski definition) is 1. The third-order valence-corrected chi connectivity index (χ3v) is 3.94. The van der Waals surface area contributed by atoms with E-state index in [9.17, 15) is 9.59 Å². The summed E-state index contributed by atoms with van der Waals surface area (Å²) >= 11 is 0. The Balaban J connectivity index is 2.48. The molecule has 0 spiro atoms. The molecule has 0 aromatic rings. The van der Waals surface area contributed by atoms with Crippen LogP contribution in [-0.2, 0) is 4.79 Å². The van der Waals surface area contributed by atoms with Gasteiger partial charge < -0.3 is 20.4 Å². The van der Waals surface area contributed by atoms with Gasteiger partial charge in [0, 0.05) is 39.3 Å². The van der Waals surface area contributed by atoms with Gasteiger partial charge in [0.15, 0.2) is 0 Å². The molecule has 1 fully saturated rings. The molecule has 0 unspecified atom stereocenters. The maximum Gasteiger partial charge on any atom is 0.320 e. The Morgan fingerprint density at radius 3 is 1.95 bits per heavy atom. The Bertz CT molecular complexity index is 348. The van der Waals surface area contributed by atoms with Crippen molar-refractivity contribution in [2.75, 3.05) is 39.3 Å². The number of nitrogens with zero attached hydrogens (tertiary/aromatic N) is 3. The number of nitrogens with two attached hydrogens (primary N) is 1. The van der Waals surface area contributed by atoms with Gasteiger partial charge in [-0.1, -0.05) is 13.8 Å². The van der Waals surface area contributed by atoms with Gasteiger partial charge in [0.05, 0.1) is 6.04 Å². The first kappa shape index (κ1) is 17.8. The first-order valence-electron chi connectivity index (χ1n) is 7.98. The molecule has 1 aliphatic heterocycles. The maximum absolute atomic E-state index is 12.2. The Labute approximate surface area is 128 Å². The van der Waals surface area contributed by atoms with Gasteiger partial charge in [-0.3, -0.25) is 4.79 Å². The fourth-order valence-electron chi connectivity index (χ4n) is 2.66. The minimum Gasteiger partial charge on any atom is -0.338 e. The number of carbonyl (C=O) groups is 2. The molecule has 0 saturated carbocycles. The van der Waals surface area contributed by atoms with Crippen molar-refractivity contribution >= 4 is 11.9 Å². The van der Waals surface area contributed by atoms with E-state index in [1.165, 1.54) is 0 Å². The van der Waals surface area contributed by atoms with Crippen molar-refractivity contribution in [2.45, 2.75) is 40.2 Å². The summed E-state index contributed by atoms with van der Waals surface area (Å²) in [5.41, 5.74) is 5.95. The van der Waals surface area contributed by atoms with Crippen LogP contribution in [0.5, 0.6) is 0 Å². The summed E-state index contributed by atoms with van der Waals surface area (Å²) in [7, 11) is 0. The van der Waals surface area contributed by atoms with Crippen molar-refractivity contribution in [1.82, 2.24) is 14.7 Å². The van der Waals surface area contributed by atoms with E-state index in [0.717, 1.165) is 0 Å². The first-order valence-corrected chi connectivity index (χ1v) is 7.98. The highest BCUT2D eigenvalue weighted by molar-refractivity contribution is 5.82. The molecule has 0 aromatic heterocycles. The fourth-order valence-corrected chi connectivity index (χ4v) is 2.66. The highest BCUT2D eigenvalue weighted by Crippen LogP contribution is 2.10. The summed E-state index contributed by atoms with van der Waals surface area (Å²) in [4.78, 5) is 29.9. The lowest BCUT2D eigenvalue weighted by atomic mass is 10.0. The molecule has 1 aliphatic rings. The van der Waals surface area contributed by atoms with E-state index in [1.807, 2.05) is 23.6 Å². The van der Waals surface area contributed by atoms with E-state index in [0.29, 0.717) is 51.6 Å². The summed E-state index contributed by atoms with van der Waals surface area (Å²) in [6.07, 6.45) is 0.706. The van der Waals surface area contributed by atoms with E-state index in [4.69, 9.17) is 5.73 Å². The maximum atomic E-state index is 12.2. The zero-order valence-electron chi connectivity index (χ0n) is 13.8. The number of hydrogen-bond acceptors (Lipinski definition) is 3. The summed E-state index contributed by atoms with van der Waals surface area (Å²) in [5.74, 6) is 0.424. The molecular weight excluding hydrogens is 268 g/mol. The van der Waals surface area contributed by atoms with Gasteiger partial charge in [0.1, 0.15) is 0 Å². The van der Waals surface area contributed by atoms with Gasteiger partial charge >= 0.3 is 6.03 Å². The number of rotatable bonds is 5. The molecule has 0 aliphatic carbocycles. The molecule has 1 saturated heterocycles. The summed E-state index contributed by atoms with van der Waals surface area (Å²) in [6, 6.07) is -0.353. The van der Waals surface area contributed by atoms with E-state index < -0.39 is 6.04 Å². The van der Waals surface area contributed by atoms with Crippen LogP contribution in [0, 0.1) is 5.92 Å². The molecule has 1 heterocycles. The van der Waals surface area contributed by atoms with Crippen molar-refractivity contribution in [1.29, 1.82) is 0 Å². The molecule has 1 atom stereocenters. The molecule has 122 valence electrons. The summed E-state index contributed by atoms with van der Waals surface area (Å²) in [5, 5.41) is 0. The van der Waals surface area contributed by atoms with E-state index in [1.54, 1.807) is 4.90 Å². The van der Waals surface area contributed by atoms with Crippen LogP contribution in [0.2, 0.25) is 0 Å². The molecule has 21 heavy (non-hydrogen) atoms. The molecular formula is C15H30N4O2. The lowest BCUT2D eigenvalue weighted by Crippen LogP contribution is -2.56. The number of carbonyl (C=O) groups excluding carboxylic acids is 2. The molecule has 6 nitrogen and oxygen atoms in total. The van der Waals surface area contributed by atoms with Crippen LogP contribution in [0.4, 0.5) is 4.79 Å². The zero-order chi connectivity index (χ0) is 16.0. The summed E-state index contributed by atoms with van der Waals surface area (Å²) in [6.45, 7) is 11.9. The molecule has 0 radical (unpaired) electrons. The third-order valence-electron chi connectivity index (χ3n) is 3.94. The van der Waals surface area contributed by atoms with Crippen LogP contribution in [-0.4, -0.2) is 71.9 Å². The van der Waals surface area contributed by atoms with Crippen LogP contribution in [0.25, 0.3) is 0 Å². The molecule has 1 rings (SSSR count). The van der Waals surface area contributed by atoms with Crippen LogP contribution in [0.3, 0.4) is 0 Å². The van der Waals surface area contributed by atoms with Gasteiger partial charge in [-0.15, -0.1) is 0 Å². The Hall–Kier alpha value is -1.30. The van der Waals surface area contributed by atoms with Crippen LogP contribution in [0.15, 0.2) is 0 Å². The second-order valence-corrected chi connectivity index (χ2v) is 6.00. The number of urea groups is 1. The van der Waals surface area contributed by atoms with Crippen molar-refractivity contribution in [3.63, 3.8) is 0 Å². The predicted octanol–water partition coefficient (Wildman–Crippen LogP) is 0.966. The largest absolute Gasteiger partial charge is 0.338 e. The molecule has 0 bridgehead atoms. The minimum atomic E-state index is -0.421. The number of amides is 3. The normalized spacial score (nSPS) is 17.0. The fraction of sp³-hybridized carbons (Fsp3) is 0.867. The van der Waals surface area contributed by atoms with Crippen molar-refractivity contribution in [2.24, 2.45) is 11.7 Å². The Morgan fingerprint density at radius 2 is 1.52 bits per heavy atom. The smallest absolute Gasteiger partial charge is 0.320 e. The Morgan fingerprint density at radius 1 is 1.05 bits per heavy atom. The van der Waals surface area contributed by atoms with Gasteiger partial charge in [0.25, 0.3) is 0 Å². The molecule has 2 N–H and O–H groups in total. The average Bonchev–Trinajstić information content (AvgIpc) is 2.47. The SMILES string of the molecule is CCN(CC)C(=O)N1CCN(C(=O)[C@@H](N)CC(C)C)CC1. The van der Waals surface area contributed by atoms with Crippen LogP contribution < -0.4 is 5.73 Å². The lowest BCUT2D eigenvalue weighted by Gasteiger charge is -2.38. The van der Waals surface area contributed by atoms with Gasteiger partial charge in [-0.05, 0) is 26.2 Å². The highest BCUT2D eigenvalue weighted by atomic mass is 16.2. The first-order chi connectivity index (χ1) is 9.90. The topological polar surface area (TPSA) is 69.9 Å². The summed E-state index contributed by atoms with van der Waals surface area (Å²) < 4.78 is 0. The van der Waals surface area contributed by atoms with Crippen molar-refractivity contribution in [3.05, 3.63) is 0 Å². The van der Waals surface area contributed by atoms with E-state index in [2.05, 4.69) is 13.8 Å². The predicted molar refractivity (Wildman–Crippen MR) is 83.9 cm³/mol. The Kier molecular flexibility index (Phi) is 6.95. The van der Waals surface area contributed by atoms with E-state index >= 15 is 0 Å². The average molecular weight is 298 g/mol. The monoisotopic (exact) mass is 298 g/mol. The van der Waals surface area contributed by atoms with E-state index in [-0.39, 0.29) is 11.9 Å². The van der Waals surface area contributed by atoms with Crippen LogP contribution >= 0.6 is 0 Å². The number of piperazine rings is 1. The van der Waals surface area contributed by atoms with Crippen molar-refractivity contribution in [3.8, 4) is 0 Å². The molecule has 3 amide bonds. The minimum absolute atomic E-state index is 0.0126. The van der Waals surface area contributed by atoms with Crippen molar-refractivity contribution < 1.29 is 9.59 Å². The van der Waals surface area contributed by atoms with Gasteiger partial charge in [0.2, 0.25) is 5.91 Å². The zero-order valence-corrected chi connectivity index (χ0v) is 13.8. The second kappa shape index (κ2) is 8.22.